The van der Waals surface area contributed by atoms with Gasteiger partial charge in [-0.05, 0) is 67.7 Å². The van der Waals surface area contributed by atoms with Gasteiger partial charge >= 0.3 is 10.2 Å². The number of benzene rings is 2. The van der Waals surface area contributed by atoms with E-state index in [1.165, 1.54) is 18.2 Å². The van der Waals surface area contributed by atoms with E-state index in [0.717, 1.165) is 66.2 Å². The number of nitrogens with zero attached hydrogens (tertiary/aromatic N) is 3. The summed E-state index contributed by atoms with van der Waals surface area (Å²) < 4.78 is 72.3. The Balaban J connectivity index is 1.09. The molecule has 13 heteroatoms. The normalized spacial score (nSPS) is 19.9. The number of halogens is 3. The molecule has 0 aliphatic carbocycles. The van der Waals surface area contributed by atoms with Crippen molar-refractivity contribution < 1.29 is 26.4 Å². The number of alkyl halides is 1. The van der Waals surface area contributed by atoms with Gasteiger partial charge in [-0.3, -0.25) is 9.52 Å². The molecule has 7 rings (SSSR count). The smallest absolute Gasteiger partial charge is 0.301 e. The number of carbonyl (C=O) groups excluding carboxylic acids is 1. The summed E-state index contributed by atoms with van der Waals surface area (Å²) in [6.45, 7) is 5.06. The molecule has 3 aliphatic heterocycles. The molecule has 2 aromatic heterocycles. The highest BCUT2D eigenvalue weighted by Gasteiger charge is 2.33. The lowest BCUT2D eigenvalue weighted by atomic mass is 9.89. The van der Waals surface area contributed by atoms with Gasteiger partial charge in [0, 0.05) is 61.0 Å². The lowest BCUT2D eigenvalue weighted by molar-refractivity contribution is 0.103. The lowest BCUT2D eigenvalue weighted by Gasteiger charge is -2.41. The second-order valence-corrected chi connectivity index (χ2v) is 13.8. The van der Waals surface area contributed by atoms with Crippen molar-refractivity contribution in [3.05, 3.63) is 83.2 Å². The molecule has 0 bridgehead atoms. The number of likely N-dealkylation sites (tertiary alicyclic amines) is 1. The first-order chi connectivity index (χ1) is 21.7. The molecule has 3 saturated heterocycles. The summed E-state index contributed by atoms with van der Waals surface area (Å²) in [5.41, 5.74) is 1.71. The van der Waals surface area contributed by atoms with Crippen molar-refractivity contribution in [2.24, 2.45) is 5.92 Å². The predicted octanol–water partition coefficient (Wildman–Crippen LogP) is 4.45. The minimum atomic E-state index is -4.31. The van der Waals surface area contributed by atoms with Crippen LogP contribution in [0.3, 0.4) is 0 Å². The van der Waals surface area contributed by atoms with Crippen LogP contribution in [0, 0.1) is 17.6 Å². The summed E-state index contributed by atoms with van der Waals surface area (Å²) in [7, 11) is -4.31. The number of anilines is 1. The number of H-pyrrole nitrogens is 1. The zero-order valence-electron chi connectivity index (χ0n) is 24.4. The number of aromatic amines is 1. The maximum Gasteiger partial charge on any atom is 0.301 e. The van der Waals surface area contributed by atoms with Crippen LogP contribution in [-0.4, -0.2) is 85.4 Å². The molecule has 9 nitrogen and oxygen atoms in total. The molecule has 0 saturated carbocycles. The van der Waals surface area contributed by atoms with E-state index in [1.807, 2.05) is 16.9 Å². The van der Waals surface area contributed by atoms with E-state index in [9.17, 15) is 22.0 Å². The third kappa shape index (κ3) is 5.85. The number of fused-ring (bicyclic) bond motifs is 1. The van der Waals surface area contributed by atoms with E-state index in [1.54, 1.807) is 12.3 Å². The van der Waals surface area contributed by atoms with Crippen LogP contribution in [0.1, 0.15) is 40.2 Å². The first-order valence-corrected chi connectivity index (χ1v) is 16.6. The molecule has 0 radical (unpaired) electrons. The van der Waals surface area contributed by atoms with Gasteiger partial charge in [0.05, 0.1) is 11.3 Å². The molecule has 45 heavy (non-hydrogen) atoms. The summed E-state index contributed by atoms with van der Waals surface area (Å²) in [6, 6.07) is 11.7. The Kier molecular flexibility index (Phi) is 7.88. The van der Waals surface area contributed by atoms with Crippen molar-refractivity contribution in [3.63, 3.8) is 0 Å². The van der Waals surface area contributed by atoms with E-state index in [4.69, 9.17) is 0 Å². The van der Waals surface area contributed by atoms with Gasteiger partial charge in [-0.25, -0.2) is 18.2 Å². The number of hydrogen-bond acceptors (Lipinski definition) is 6. The van der Waals surface area contributed by atoms with E-state index < -0.39 is 45.0 Å². The Labute approximate surface area is 259 Å². The Bertz CT molecular complexity index is 1860. The third-order valence-electron chi connectivity index (χ3n) is 9.16. The van der Waals surface area contributed by atoms with Crippen LogP contribution in [0.2, 0.25) is 0 Å². The predicted molar refractivity (Wildman–Crippen MR) is 165 cm³/mol. The Morgan fingerprint density at radius 1 is 1.04 bits per heavy atom. The minimum absolute atomic E-state index is 0.0131. The zero-order chi connectivity index (χ0) is 31.3. The fourth-order valence-corrected chi connectivity index (χ4v) is 7.53. The summed E-state index contributed by atoms with van der Waals surface area (Å²) in [5.74, 6) is -2.17. The van der Waals surface area contributed by atoms with E-state index in [0.29, 0.717) is 17.0 Å². The summed E-state index contributed by atoms with van der Waals surface area (Å²) in [5, 5.41) is 3.69. The SMILES string of the molecule is O=C(c1c(F)ccc(NS(=O)(=O)N2CC[C@@H](F)C2)c1F)c1c[nH]c2ncc(-c3ccc(C4CN(CCC5CNC5)C4)cc3)cc12. The van der Waals surface area contributed by atoms with Crippen molar-refractivity contribution in [2.75, 3.05) is 50.5 Å². The largest absolute Gasteiger partial charge is 0.345 e. The number of nitrogens with one attached hydrogen (secondary N) is 3. The molecular weight excluding hydrogens is 605 g/mol. The highest BCUT2D eigenvalue weighted by Crippen LogP contribution is 2.32. The fourth-order valence-electron chi connectivity index (χ4n) is 6.26. The number of aromatic nitrogens is 2. The molecule has 4 aromatic rings. The van der Waals surface area contributed by atoms with Crippen LogP contribution in [0.25, 0.3) is 22.2 Å². The van der Waals surface area contributed by atoms with E-state index >= 15 is 4.39 Å². The van der Waals surface area contributed by atoms with Gasteiger partial charge in [0.25, 0.3) is 0 Å². The van der Waals surface area contributed by atoms with E-state index in [2.05, 4.69) is 32.3 Å². The van der Waals surface area contributed by atoms with Crippen molar-refractivity contribution >= 4 is 32.7 Å². The molecule has 5 heterocycles. The van der Waals surface area contributed by atoms with Crippen LogP contribution < -0.4 is 10.0 Å². The number of carbonyl (C=O) groups is 1. The van der Waals surface area contributed by atoms with Crippen molar-refractivity contribution in [3.8, 4) is 11.1 Å². The van der Waals surface area contributed by atoms with Crippen LogP contribution in [0.4, 0.5) is 18.9 Å². The lowest BCUT2D eigenvalue weighted by Crippen LogP contribution is -2.48. The standard InChI is InChI=1S/C32H33F3N6O3S/c33-24-8-10-41(18-24)45(43,44)39-28-6-5-27(34)29(30(28)35)31(42)26-15-38-32-25(26)11-22(14-37-32)20-1-3-21(4-2-20)23-16-40(17-23)9-7-19-12-36-13-19/h1-6,11,14-15,19,23-24,36,39H,7-10,12-13,16-18H2,(H,37,38)/t24-/m1/s1. The summed E-state index contributed by atoms with van der Waals surface area (Å²) >= 11 is 0. The summed E-state index contributed by atoms with van der Waals surface area (Å²) in [4.78, 5) is 23.3. The molecule has 3 fully saturated rings. The van der Waals surface area contributed by atoms with Gasteiger partial charge < -0.3 is 15.2 Å². The summed E-state index contributed by atoms with van der Waals surface area (Å²) in [6.07, 6.45) is 2.93. The number of hydrogen-bond donors (Lipinski definition) is 3. The molecule has 0 amide bonds. The van der Waals surface area contributed by atoms with Gasteiger partial charge in [0.1, 0.15) is 17.6 Å². The van der Waals surface area contributed by atoms with Crippen LogP contribution >= 0.6 is 0 Å². The fraction of sp³-hybridized carbons (Fsp3) is 0.375. The number of pyridine rings is 1. The Hall–Kier alpha value is -3.78. The minimum Gasteiger partial charge on any atom is -0.345 e. The molecule has 2 aromatic carbocycles. The topological polar surface area (TPSA) is 110 Å². The van der Waals surface area contributed by atoms with Crippen molar-refractivity contribution in [1.29, 1.82) is 0 Å². The van der Waals surface area contributed by atoms with Gasteiger partial charge in [-0.15, -0.1) is 0 Å². The van der Waals surface area contributed by atoms with Gasteiger partial charge in [0.2, 0.25) is 5.78 Å². The highest BCUT2D eigenvalue weighted by atomic mass is 32.2. The van der Waals surface area contributed by atoms with Crippen molar-refractivity contribution in [2.45, 2.75) is 24.9 Å². The Morgan fingerprint density at radius 3 is 2.51 bits per heavy atom. The maximum atomic E-state index is 15.6. The molecule has 3 aliphatic rings. The third-order valence-corrected chi connectivity index (χ3v) is 10.6. The van der Waals surface area contributed by atoms with E-state index in [-0.39, 0.29) is 25.1 Å². The average Bonchev–Trinajstić information content (AvgIpc) is 3.61. The second-order valence-electron chi connectivity index (χ2n) is 12.2. The van der Waals surface area contributed by atoms with Crippen LogP contribution in [0.5, 0.6) is 0 Å². The maximum absolute atomic E-state index is 15.6. The highest BCUT2D eigenvalue weighted by molar-refractivity contribution is 7.90. The van der Waals surface area contributed by atoms with Crippen LogP contribution in [0.15, 0.2) is 54.9 Å². The van der Waals surface area contributed by atoms with Crippen LogP contribution in [-0.2, 0) is 10.2 Å². The molecule has 0 unspecified atom stereocenters. The molecular formula is C32H33F3N6O3S. The zero-order valence-corrected chi connectivity index (χ0v) is 25.2. The first kappa shape index (κ1) is 29.9. The molecule has 1 atom stereocenters. The monoisotopic (exact) mass is 638 g/mol. The average molecular weight is 639 g/mol. The molecule has 236 valence electrons. The van der Waals surface area contributed by atoms with Gasteiger partial charge in [0.15, 0.2) is 5.82 Å². The van der Waals surface area contributed by atoms with Gasteiger partial charge in [-0.2, -0.15) is 12.7 Å². The molecule has 0 spiro atoms. The first-order valence-electron chi connectivity index (χ1n) is 15.1. The second kappa shape index (κ2) is 11.9. The Morgan fingerprint density at radius 2 is 1.82 bits per heavy atom. The number of rotatable bonds is 10. The van der Waals surface area contributed by atoms with Crippen molar-refractivity contribution in [1.82, 2.24) is 24.5 Å². The quantitative estimate of drug-likeness (QED) is 0.222. The van der Waals surface area contributed by atoms with Gasteiger partial charge in [-0.1, -0.05) is 24.3 Å². The number of ketones is 1. The molecule has 3 N–H and O–H groups in total.